The van der Waals surface area contributed by atoms with Gasteiger partial charge in [0, 0.05) is 12.6 Å². The molecule has 8 aliphatic rings. The molecule has 0 radical (unpaired) electrons. The number of rotatable bonds is 9. The molecule has 26 nitrogen and oxygen atoms in total. The molecule has 0 aromatic carbocycles. The summed E-state index contributed by atoms with van der Waals surface area (Å²) in [4.78, 5) is 54.4. The Kier molecular flexibility index (Phi) is 21.7. The van der Waals surface area contributed by atoms with Crippen LogP contribution in [0.2, 0.25) is 0 Å². The second-order valence-corrected chi connectivity index (χ2v) is 18.3. The van der Waals surface area contributed by atoms with Gasteiger partial charge in [-0.3, -0.25) is 14.4 Å². The highest BCUT2D eigenvalue weighted by molar-refractivity contribution is 5.85. The Morgan fingerprint density at radius 3 is 1.49 bits per heavy atom. The van der Waals surface area contributed by atoms with Gasteiger partial charge in [0.05, 0.1) is 45.7 Å². The fraction of sp³-hybridized carbons (Fsp3) is 0.878. The number of carbonyl (C=O) groups excluding carboxylic acids is 5. The van der Waals surface area contributed by atoms with Crippen molar-refractivity contribution < 1.29 is 122 Å². The number of esters is 5. The lowest BCUT2D eigenvalue weighted by molar-refractivity contribution is -0.200. The van der Waals surface area contributed by atoms with Crippen LogP contribution < -0.4 is 5.32 Å². The van der Waals surface area contributed by atoms with Gasteiger partial charge in [-0.2, -0.15) is 0 Å². The maximum atomic E-state index is 11.7. The highest BCUT2D eigenvalue weighted by atomic mass is 35.5. The predicted octanol–water partition coefficient (Wildman–Crippen LogP) is -4.52. The van der Waals surface area contributed by atoms with Gasteiger partial charge < -0.3 is 103 Å². The van der Waals surface area contributed by atoms with E-state index in [1.807, 2.05) is 27.7 Å². The number of ether oxygens (including phenoxy) is 11. The molecule has 0 aromatic heterocycles. The van der Waals surface area contributed by atoms with Crippen LogP contribution >= 0.6 is 12.4 Å². The molecule has 10 N–H and O–H groups in total. The fourth-order valence-corrected chi connectivity index (χ4v) is 7.55. The Balaban J connectivity index is 0.000000227. The number of carbonyl (C=O) groups is 5. The van der Waals surface area contributed by atoms with Gasteiger partial charge in [-0.05, 0) is 41.5 Å². The van der Waals surface area contributed by atoms with E-state index >= 15 is 0 Å². The van der Waals surface area contributed by atoms with Crippen molar-refractivity contribution in [2.45, 2.75) is 196 Å². The molecule has 6 unspecified atom stereocenters. The van der Waals surface area contributed by atoms with Crippen molar-refractivity contribution in [3.05, 3.63) is 0 Å². The SMILES string of the molecule is CC(C)NC[C@H]1OC(=O)C[C@H]1O.CC1(C)OCC([C@@H]2OC(=O)C3OC(C)(C)O[C@H]32)O1.CC1(C)OCC([C@@H]2OC(=O)C[C@H]2O)O1.Cl.O=C1C[C@@H](O)[C@H](C(O)CO)O1.O=C1O[C@@H](C(O)CO)[C@H](O)C1O. The van der Waals surface area contributed by atoms with Gasteiger partial charge >= 0.3 is 29.8 Å². The highest BCUT2D eigenvalue weighted by Gasteiger charge is 2.60. The molecule has 27 heteroatoms. The van der Waals surface area contributed by atoms with E-state index in [-0.39, 0.29) is 67.9 Å². The summed E-state index contributed by atoms with van der Waals surface area (Å²) in [6, 6.07) is 0.344. The maximum Gasteiger partial charge on any atom is 0.338 e. The molecule has 0 aliphatic carbocycles. The number of aliphatic hydroxyl groups excluding tert-OH is 9. The number of cyclic esters (lactones) is 5. The van der Waals surface area contributed by atoms with Crippen molar-refractivity contribution in [1.29, 1.82) is 0 Å². The number of nitrogens with one attached hydrogen (secondary N) is 1. The Morgan fingerprint density at radius 2 is 1.07 bits per heavy atom. The van der Waals surface area contributed by atoms with Crippen molar-refractivity contribution in [2.24, 2.45) is 0 Å². The molecular formula is C41H68ClNO25. The Bertz CT molecular complexity index is 1690. The van der Waals surface area contributed by atoms with Gasteiger partial charge in [0.1, 0.15) is 61.0 Å². The van der Waals surface area contributed by atoms with Crippen molar-refractivity contribution in [1.82, 2.24) is 5.32 Å². The van der Waals surface area contributed by atoms with E-state index in [1.165, 1.54) is 0 Å². The number of fused-ring (bicyclic) bond motifs is 1. The standard InChI is InChI=1S/C12H18O6.C9H14O5.C8H15NO3.C6H10O6.C6H10O5.ClH/c1-11(2)14-5-6(16-11)7-8-9(10(13)15-7)18-12(3,4)17-8;1-9(2)12-4-6(14-9)8-5(10)3-7(11)13-8;1-5(2)9-4-7-6(10)3-8(11)12-7;7-1-2(8)5-3(9)4(10)6(11)12-5;7-2-4(9)6-3(8)1-5(10)11-6;/h6-9H,5H2,1-4H3;5-6,8,10H,3-4H2,1-2H3;5-7,9-10H,3-4H2,1-2H3;2-5,7-10H,1H2;3-4,6-9H,1-2H2;1H/t6?,7-,8-,9?;5-,6?,8-;6-,7-;2?,3-,4?,5+;3-,4?,6-;/m01111./s1. The van der Waals surface area contributed by atoms with Gasteiger partial charge in [0.25, 0.3) is 0 Å². The monoisotopic (exact) mass is 1010 g/mol. The quantitative estimate of drug-likeness (QED) is 0.0768. The lowest BCUT2D eigenvalue weighted by Crippen LogP contribution is -2.40. The molecule has 16 atom stereocenters. The second kappa shape index (κ2) is 24.9. The van der Waals surface area contributed by atoms with Crippen LogP contribution in [0.5, 0.6) is 0 Å². The zero-order chi connectivity index (χ0) is 50.3. The average Bonchev–Trinajstić information content (AvgIpc) is 4.13. The minimum absolute atomic E-state index is 0. The molecule has 68 heavy (non-hydrogen) atoms. The molecule has 0 aromatic rings. The minimum atomic E-state index is -1.63. The summed E-state index contributed by atoms with van der Waals surface area (Å²) in [5.74, 6) is -4.67. The van der Waals surface area contributed by atoms with E-state index in [2.05, 4.69) is 14.8 Å². The Morgan fingerprint density at radius 1 is 0.574 bits per heavy atom. The number of halogens is 1. The highest BCUT2D eigenvalue weighted by Crippen LogP contribution is 2.40. The van der Waals surface area contributed by atoms with Crippen LogP contribution in [0.4, 0.5) is 0 Å². The molecule has 8 rings (SSSR count). The zero-order valence-corrected chi connectivity index (χ0v) is 39.8. The van der Waals surface area contributed by atoms with E-state index in [1.54, 1.807) is 27.7 Å². The molecule has 394 valence electrons. The average molecular weight is 1010 g/mol. The summed E-state index contributed by atoms with van der Waals surface area (Å²) in [7, 11) is 0. The van der Waals surface area contributed by atoms with Gasteiger partial charge in [0.15, 0.2) is 54.0 Å². The zero-order valence-electron chi connectivity index (χ0n) is 38.9. The van der Waals surface area contributed by atoms with Gasteiger partial charge in [-0.25, -0.2) is 9.59 Å². The molecule has 0 amide bonds. The van der Waals surface area contributed by atoms with Crippen LogP contribution in [-0.2, 0) is 76.1 Å². The fourth-order valence-electron chi connectivity index (χ4n) is 7.55. The van der Waals surface area contributed by atoms with Gasteiger partial charge in [-0.1, -0.05) is 13.8 Å². The first-order valence-corrected chi connectivity index (χ1v) is 21.8. The Hall–Kier alpha value is -3.00. The first-order chi connectivity index (χ1) is 31.1. The van der Waals surface area contributed by atoms with E-state index in [0.717, 1.165) is 0 Å². The lowest BCUT2D eigenvalue weighted by atomic mass is 10.1. The molecule has 8 saturated heterocycles. The largest absolute Gasteiger partial charge is 0.458 e. The topological polar surface area (TPSA) is 381 Å². The second-order valence-electron chi connectivity index (χ2n) is 18.3. The predicted molar refractivity (Wildman–Crippen MR) is 223 cm³/mol. The van der Waals surface area contributed by atoms with Crippen LogP contribution in [0.3, 0.4) is 0 Å². The Labute approximate surface area is 397 Å². The number of hydrogen-bond acceptors (Lipinski definition) is 26. The molecule has 0 spiro atoms. The third-order valence-electron chi connectivity index (χ3n) is 10.9. The normalized spacial score (nSPS) is 37.8. The van der Waals surface area contributed by atoms with Crippen molar-refractivity contribution in [2.75, 3.05) is 33.0 Å². The van der Waals surface area contributed by atoms with Crippen LogP contribution in [0.25, 0.3) is 0 Å². The lowest BCUT2D eigenvalue weighted by Gasteiger charge is -2.25. The third kappa shape index (κ3) is 16.3. The first kappa shape index (κ1) is 59.3. The molecule has 8 heterocycles. The summed E-state index contributed by atoms with van der Waals surface area (Å²) in [6.07, 6.45) is -13.3. The number of hydrogen-bond donors (Lipinski definition) is 10. The summed E-state index contributed by atoms with van der Waals surface area (Å²) in [5.41, 5.74) is 0. The van der Waals surface area contributed by atoms with Crippen molar-refractivity contribution in [3.8, 4) is 0 Å². The molecule has 0 saturated carbocycles. The van der Waals surface area contributed by atoms with Gasteiger partial charge in [-0.15, -0.1) is 12.4 Å². The molecule has 8 fully saturated rings. The minimum Gasteiger partial charge on any atom is -0.458 e. The summed E-state index contributed by atoms with van der Waals surface area (Å²) in [6.45, 7) is 14.9. The van der Waals surface area contributed by atoms with Crippen LogP contribution in [-0.4, -0.2) is 230 Å². The number of aliphatic hydroxyl groups is 9. The van der Waals surface area contributed by atoms with Crippen LogP contribution in [0.15, 0.2) is 0 Å². The summed E-state index contributed by atoms with van der Waals surface area (Å²) in [5, 5.41) is 83.7. The van der Waals surface area contributed by atoms with Crippen molar-refractivity contribution >= 4 is 42.3 Å². The molecule has 0 bridgehead atoms. The van der Waals surface area contributed by atoms with Crippen LogP contribution in [0, 0.1) is 0 Å². The summed E-state index contributed by atoms with van der Waals surface area (Å²) >= 11 is 0. The molecular weight excluding hydrogens is 942 g/mol. The smallest absolute Gasteiger partial charge is 0.338 e. The van der Waals surface area contributed by atoms with Crippen molar-refractivity contribution in [3.63, 3.8) is 0 Å². The molecule has 8 aliphatic heterocycles. The maximum absolute atomic E-state index is 11.7. The van der Waals surface area contributed by atoms with E-state index in [9.17, 15) is 34.2 Å². The van der Waals surface area contributed by atoms with Crippen LogP contribution in [0.1, 0.15) is 74.7 Å². The van der Waals surface area contributed by atoms with E-state index in [0.29, 0.717) is 25.8 Å². The van der Waals surface area contributed by atoms with Gasteiger partial charge in [0.2, 0.25) is 0 Å². The van der Waals surface area contributed by atoms with E-state index in [4.69, 9.17) is 78.4 Å². The van der Waals surface area contributed by atoms with E-state index < -0.39 is 122 Å². The third-order valence-corrected chi connectivity index (χ3v) is 10.9. The first-order valence-electron chi connectivity index (χ1n) is 21.8. The summed E-state index contributed by atoms with van der Waals surface area (Å²) < 4.78 is 57.3.